The van der Waals surface area contributed by atoms with Gasteiger partial charge >= 0.3 is 0 Å². The topological polar surface area (TPSA) is 70.8 Å². The Kier molecular flexibility index (Phi) is 5.74. The van der Waals surface area contributed by atoms with Gasteiger partial charge < -0.3 is 18.6 Å². The maximum atomic E-state index is 13.4. The summed E-state index contributed by atoms with van der Waals surface area (Å²) < 4.78 is 21.8. The maximum Gasteiger partial charge on any atom is 0.195 e. The van der Waals surface area contributed by atoms with Gasteiger partial charge in [0.15, 0.2) is 12.6 Å². The van der Waals surface area contributed by atoms with Gasteiger partial charge in [-0.25, -0.2) is 0 Å². The summed E-state index contributed by atoms with van der Waals surface area (Å²) in [5, 5.41) is 0. The molecule has 0 aliphatic heterocycles. The Morgan fingerprint density at radius 1 is 0.909 bits per heavy atom. The minimum absolute atomic E-state index is 0.0660. The Morgan fingerprint density at radius 2 is 1.76 bits per heavy atom. The average molecular weight is 439 g/mol. The van der Waals surface area contributed by atoms with Crippen LogP contribution in [0.15, 0.2) is 90.0 Å². The van der Waals surface area contributed by atoms with Gasteiger partial charge in [0.2, 0.25) is 0 Å². The molecule has 0 saturated carbocycles. The molecule has 0 saturated heterocycles. The number of carbonyl (C=O) groups is 1. The lowest BCUT2D eigenvalue weighted by molar-refractivity contribution is 0.00500. The van der Waals surface area contributed by atoms with Crippen molar-refractivity contribution in [3.63, 3.8) is 0 Å². The van der Waals surface area contributed by atoms with Gasteiger partial charge in [0, 0.05) is 40.2 Å². The van der Waals surface area contributed by atoms with Crippen molar-refractivity contribution in [1.29, 1.82) is 0 Å². The van der Waals surface area contributed by atoms with Crippen molar-refractivity contribution >= 4 is 16.9 Å². The van der Waals surface area contributed by atoms with E-state index in [1.54, 1.807) is 38.1 Å². The fourth-order valence-corrected chi connectivity index (χ4v) is 3.89. The molecular weight excluding hydrogens is 418 g/mol. The first-order chi connectivity index (χ1) is 16.2. The van der Waals surface area contributed by atoms with Crippen LogP contribution in [0.2, 0.25) is 0 Å². The van der Waals surface area contributed by atoms with E-state index in [4.69, 9.17) is 18.6 Å². The second-order valence-corrected chi connectivity index (χ2v) is 7.50. The zero-order chi connectivity index (χ0) is 22.6. The molecule has 0 bridgehead atoms. The Bertz CT molecular complexity index is 1290. The molecule has 0 atom stereocenters. The van der Waals surface area contributed by atoms with Crippen molar-refractivity contribution in [2.45, 2.75) is 6.61 Å². The van der Waals surface area contributed by atoms with E-state index in [1.165, 1.54) is 0 Å². The lowest BCUT2D eigenvalue weighted by atomic mass is 9.97. The summed E-state index contributed by atoms with van der Waals surface area (Å²) in [5.74, 6) is 1.29. The standard InChI is InChI=1S/C27H21NO5/c1-30-21-6-4-18(5-7-21)15-32-17-33-22-8-9-23-24(13-22)27(29)26(19-3-2-11-28-14-19)25(23)20-10-12-31-16-20/h2-14,16H,15,17H2,1H3. The number of nitrogens with zero attached hydrogens (tertiary/aromatic N) is 1. The van der Waals surface area contributed by atoms with Gasteiger partial charge in [-0.1, -0.05) is 18.2 Å². The highest BCUT2D eigenvalue weighted by Gasteiger charge is 2.32. The van der Waals surface area contributed by atoms with Crippen LogP contribution in [0.25, 0.3) is 11.1 Å². The van der Waals surface area contributed by atoms with Crippen LogP contribution in [0.4, 0.5) is 0 Å². The first kappa shape index (κ1) is 20.7. The molecule has 6 heteroatoms. The van der Waals surface area contributed by atoms with Crippen molar-refractivity contribution in [2.75, 3.05) is 13.9 Å². The van der Waals surface area contributed by atoms with Gasteiger partial charge in [-0.15, -0.1) is 0 Å². The SMILES string of the molecule is COc1ccc(COCOc2ccc3c(c2)C(=O)C(c2cccnc2)=C3c2ccoc2)cc1. The summed E-state index contributed by atoms with van der Waals surface area (Å²) in [5.41, 5.74) is 5.48. The fraction of sp³-hybridized carbons (Fsp3) is 0.111. The third-order valence-electron chi connectivity index (χ3n) is 5.48. The molecule has 0 amide bonds. The Hall–Kier alpha value is -4.16. The van der Waals surface area contributed by atoms with E-state index in [0.29, 0.717) is 23.5 Å². The van der Waals surface area contributed by atoms with E-state index in [9.17, 15) is 4.79 Å². The quantitative estimate of drug-likeness (QED) is 0.271. The highest BCUT2D eigenvalue weighted by Crippen LogP contribution is 2.43. The van der Waals surface area contributed by atoms with E-state index in [2.05, 4.69) is 4.98 Å². The van der Waals surface area contributed by atoms with Crippen LogP contribution >= 0.6 is 0 Å². The minimum atomic E-state index is -0.0706. The fourth-order valence-electron chi connectivity index (χ4n) is 3.89. The highest BCUT2D eigenvalue weighted by atomic mass is 16.7. The lowest BCUT2D eigenvalue weighted by Gasteiger charge is -2.10. The summed E-state index contributed by atoms with van der Waals surface area (Å²) in [6.07, 6.45) is 6.63. The third kappa shape index (κ3) is 4.16. The predicted octanol–water partition coefficient (Wildman–Crippen LogP) is 5.39. The van der Waals surface area contributed by atoms with Crippen LogP contribution in [0.1, 0.15) is 32.6 Å². The predicted molar refractivity (Wildman–Crippen MR) is 123 cm³/mol. The molecule has 2 aromatic heterocycles. The summed E-state index contributed by atoms with van der Waals surface area (Å²) >= 11 is 0. The number of aromatic nitrogens is 1. The van der Waals surface area contributed by atoms with Gasteiger partial charge in [0.05, 0.1) is 26.2 Å². The lowest BCUT2D eigenvalue weighted by Crippen LogP contribution is -2.04. The van der Waals surface area contributed by atoms with Crippen LogP contribution in [0, 0.1) is 0 Å². The number of allylic oxidation sites excluding steroid dienone is 1. The van der Waals surface area contributed by atoms with Crippen molar-refractivity contribution < 1.29 is 23.4 Å². The molecule has 6 nitrogen and oxygen atoms in total. The minimum Gasteiger partial charge on any atom is -0.497 e. The summed E-state index contributed by atoms with van der Waals surface area (Å²) in [7, 11) is 1.63. The molecule has 5 rings (SSSR count). The number of rotatable bonds is 8. The summed E-state index contributed by atoms with van der Waals surface area (Å²) in [6.45, 7) is 0.474. The van der Waals surface area contributed by atoms with E-state index in [-0.39, 0.29) is 12.6 Å². The highest BCUT2D eigenvalue weighted by molar-refractivity contribution is 6.41. The monoisotopic (exact) mass is 439 g/mol. The number of ketones is 1. The van der Waals surface area contributed by atoms with Crippen LogP contribution in [-0.4, -0.2) is 24.7 Å². The number of furan rings is 1. The molecule has 2 aromatic carbocycles. The molecule has 33 heavy (non-hydrogen) atoms. The molecular formula is C27H21NO5. The van der Waals surface area contributed by atoms with Crippen LogP contribution < -0.4 is 9.47 Å². The average Bonchev–Trinajstić information content (AvgIpc) is 3.49. The normalized spacial score (nSPS) is 12.7. The van der Waals surface area contributed by atoms with E-state index < -0.39 is 0 Å². The number of ether oxygens (including phenoxy) is 3. The second kappa shape index (κ2) is 9.14. The van der Waals surface area contributed by atoms with Crippen LogP contribution in [-0.2, 0) is 11.3 Å². The third-order valence-corrected chi connectivity index (χ3v) is 5.48. The van der Waals surface area contributed by atoms with Crippen molar-refractivity contribution in [1.82, 2.24) is 4.98 Å². The Morgan fingerprint density at radius 3 is 2.48 bits per heavy atom. The number of benzene rings is 2. The zero-order valence-corrected chi connectivity index (χ0v) is 18.0. The van der Waals surface area contributed by atoms with Gasteiger partial charge in [-0.05, 0) is 53.6 Å². The smallest absolute Gasteiger partial charge is 0.195 e. The number of carbonyl (C=O) groups excluding carboxylic acids is 1. The summed E-state index contributed by atoms with van der Waals surface area (Å²) in [4.78, 5) is 17.6. The largest absolute Gasteiger partial charge is 0.497 e. The van der Waals surface area contributed by atoms with Crippen LogP contribution in [0.3, 0.4) is 0 Å². The molecule has 0 N–H and O–H groups in total. The van der Waals surface area contributed by atoms with Crippen LogP contribution in [0.5, 0.6) is 11.5 Å². The molecule has 164 valence electrons. The van der Waals surface area contributed by atoms with E-state index >= 15 is 0 Å². The van der Waals surface area contributed by atoms with Gasteiger partial charge in [0.25, 0.3) is 0 Å². The number of methoxy groups -OCH3 is 1. The number of hydrogen-bond donors (Lipinski definition) is 0. The first-order valence-corrected chi connectivity index (χ1v) is 10.4. The number of fused-ring (bicyclic) bond motifs is 1. The molecule has 1 aliphatic rings. The van der Waals surface area contributed by atoms with Gasteiger partial charge in [0.1, 0.15) is 11.5 Å². The van der Waals surface area contributed by atoms with E-state index in [0.717, 1.165) is 33.6 Å². The van der Waals surface area contributed by atoms with Crippen molar-refractivity contribution in [3.8, 4) is 11.5 Å². The van der Waals surface area contributed by atoms with Crippen molar-refractivity contribution in [3.05, 3.63) is 113 Å². The molecule has 0 radical (unpaired) electrons. The second-order valence-electron chi connectivity index (χ2n) is 7.50. The molecule has 0 fully saturated rings. The van der Waals surface area contributed by atoms with Crippen molar-refractivity contribution in [2.24, 2.45) is 0 Å². The number of Topliss-reactive ketones (excluding diaryl/α,β-unsaturated/α-hetero) is 1. The molecule has 0 unspecified atom stereocenters. The Balaban J connectivity index is 1.33. The molecule has 4 aromatic rings. The number of pyridine rings is 1. The van der Waals surface area contributed by atoms with Gasteiger partial charge in [-0.3, -0.25) is 9.78 Å². The number of hydrogen-bond acceptors (Lipinski definition) is 6. The first-order valence-electron chi connectivity index (χ1n) is 10.4. The molecule has 0 spiro atoms. The zero-order valence-electron chi connectivity index (χ0n) is 18.0. The molecule has 1 aliphatic carbocycles. The summed E-state index contributed by atoms with van der Waals surface area (Å²) in [6, 6.07) is 18.7. The maximum absolute atomic E-state index is 13.4. The Labute approximate surface area is 191 Å². The van der Waals surface area contributed by atoms with E-state index in [1.807, 2.05) is 54.6 Å². The van der Waals surface area contributed by atoms with Gasteiger partial charge in [-0.2, -0.15) is 0 Å². The molecule has 2 heterocycles.